The van der Waals surface area contributed by atoms with E-state index >= 15 is 0 Å². The molecule has 2 aliphatic heterocycles. The molecule has 2 aliphatic rings. The molecule has 146 valence electrons. The SMILES string of the molecule is O=C(c1cc2c(cc1[N+](=O)[O-])OCCO2)N1CCN(c2ccc(F)cc2)CC1. The average Bonchev–Trinajstić information content (AvgIpc) is 2.73. The molecule has 0 unspecified atom stereocenters. The lowest BCUT2D eigenvalue weighted by Gasteiger charge is -2.36. The maximum atomic E-state index is 13.1. The van der Waals surface area contributed by atoms with E-state index in [1.807, 2.05) is 4.90 Å². The monoisotopic (exact) mass is 387 g/mol. The second kappa shape index (κ2) is 7.34. The van der Waals surface area contributed by atoms with Crippen LogP contribution in [0.25, 0.3) is 0 Å². The van der Waals surface area contributed by atoms with Crippen molar-refractivity contribution >= 4 is 17.3 Å². The van der Waals surface area contributed by atoms with Gasteiger partial charge in [-0.25, -0.2) is 4.39 Å². The molecule has 0 saturated carbocycles. The quantitative estimate of drug-likeness (QED) is 0.594. The van der Waals surface area contributed by atoms with E-state index < -0.39 is 10.8 Å². The lowest BCUT2D eigenvalue weighted by molar-refractivity contribution is -0.385. The highest BCUT2D eigenvalue weighted by Gasteiger charge is 2.30. The Bertz CT molecular complexity index is 911. The predicted molar refractivity (Wildman–Crippen MR) is 98.6 cm³/mol. The molecule has 2 aromatic rings. The zero-order valence-electron chi connectivity index (χ0n) is 15.0. The van der Waals surface area contributed by atoms with Crippen molar-refractivity contribution in [3.63, 3.8) is 0 Å². The largest absolute Gasteiger partial charge is 0.486 e. The van der Waals surface area contributed by atoms with Gasteiger partial charge in [-0.1, -0.05) is 0 Å². The molecule has 2 aromatic carbocycles. The summed E-state index contributed by atoms with van der Waals surface area (Å²) in [6.07, 6.45) is 0. The number of rotatable bonds is 3. The number of piperazine rings is 1. The number of carbonyl (C=O) groups excluding carboxylic acids is 1. The minimum Gasteiger partial charge on any atom is -0.486 e. The normalized spacial score (nSPS) is 16.0. The van der Waals surface area contributed by atoms with E-state index in [0.29, 0.717) is 45.1 Å². The molecule has 0 aliphatic carbocycles. The zero-order valence-corrected chi connectivity index (χ0v) is 15.0. The Balaban J connectivity index is 1.52. The van der Waals surface area contributed by atoms with E-state index in [1.54, 1.807) is 17.0 Å². The first-order valence-corrected chi connectivity index (χ1v) is 8.91. The van der Waals surface area contributed by atoms with Crippen LogP contribution in [0.4, 0.5) is 15.8 Å². The molecule has 0 bridgehead atoms. The summed E-state index contributed by atoms with van der Waals surface area (Å²) in [5.74, 6) is -0.105. The minimum absolute atomic E-state index is 0.00974. The first-order valence-electron chi connectivity index (χ1n) is 8.91. The van der Waals surface area contributed by atoms with Gasteiger partial charge in [0.05, 0.1) is 11.0 Å². The van der Waals surface area contributed by atoms with Gasteiger partial charge in [0, 0.05) is 37.9 Å². The molecular formula is C19H18FN3O5. The van der Waals surface area contributed by atoms with Gasteiger partial charge in [0.25, 0.3) is 11.6 Å². The predicted octanol–water partition coefficient (Wildman–Crippen LogP) is 2.47. The molecule has 0 N–H and O–H groups in total. The highest BCUT2D eigenvalue weighted by molar-refractivity contribution is 5.99. The smallest absolute Gasteiger partial charge is 0.286 e. The van der Waals surface area contributed by atoms with E-state index in [9.17, 15) is 19.3 Å². The summed E-state index contributed by atoms with van der Waals surface area (Å²) in [5, 5.41) is 11.5. The third-order valence-electron chi connectivity index (χ3n) is 4.85. The fourth-order valence-corrected chi connectivity index (χ4v) is 3.39. The van der Waals surface area contributed by atoms with Crippen molar-refractivity contribution < 1.29 is 23.6 Å². The molecule has 0 atom stereocenters. The Kier molecular flexibility index (Phi) is 4.72. The van der Waals surface area contributed by atoms with Gasteiger partial charge in [0.1, 0.15) is 24.6 Å². The van der Waals surface area contributed by atoms with Crippen LogP contribution < -0.4 is 14.4 Å². The number of anilines is 1. The second-order valence-corrected chi connectivity index (χ2v) is 6.53. The maximum absolute atomic E-state index is 13.1. The van der Waals surface area contributed by atoms with Crippen LogP contribution >= 0.6 is 0 Å². The molecule has 1 fully saturated rings. The highest BCUT2D eigenvalue weighted by atomic mass is 19.1. The molecule has 8 nitrogen and oxygen atoms in total. The zero-order chi connectivity index (χ0) is 19.7. The number of nitro benzene ring substituents is 1. The van der Waals surface area contributed by atoms with Crippen molar-refractivity contribution in [2.45, 2.75) is 0 Å². The number of benzene rings is 2. The van der Waals surface area contributed by atoms with Gasteiger partial charge >= 0.3 is 0 Å². The fourth-order valence-electron chi connectivity index (χ4n) is 3.39. The van der Waals surface area contributed by atoms with Crippen LogP contribution in [-0.4, -0.2) is 55.1 Å². The second-order valence-electron chi connectivity index (χ2n) is 6.53. The van der Waals surface area contributed by atoms with Crippen LogP contribution in [0.1, 0.15) is 10.4 Å². The van der Waals surface area contributed by atoms with Gasteiger partial charge in [0.15, 0.2) is 11.5 Å². The molecule has 0 spiro atoms. The van der Waals surface area contributed by atoms with Gasteiger partial charge in [0.2, 0.25) is 0 Å². The highest BCUT2D eigenvalue weighted by Crippen LogP contribution is 2.37. The third kappa shape index (κ3) is 3.42. The van der Waals surface area contributed by atoms with Crippen LogP contribution in [0.2, 0.25) is 0 Å². The number of carbonyl (C=O) groups is 1. The summed E-state index contributed by atoms with van der Waals surface area (Å²) in [6, 6.07) is 8.81. The molecule has 1 saturated heterocycles. The molecular weight excluding hydrogens is 369 g/mol. The number of hydrogen-bond donors (Lipinski definition) is 0. The number of hydrogen-bond acceptors (Lipinski definition) is 6. The summed E-state index contributed by atoms with van der Waals surface area (Å²) in [4.78, 5) is 27.5. The van der Waals surface area contributed by atoms with Gasteiger partial charge < -0.3 is 19.3 Å². The third-order valence-corrected chi connectivity index (χ3v) is 4.85. The maximum Gasteiger partial charge on any atom is 0.286 e. The summed E-state index contributed by atoms with van der Waals surface area (Å²) in [5.41, 5.74) is 0.568. The topological polar surface area (TPSA) is 85.1 Å². The summed E-state index contributed by atoms with van der Waals surface area (Å²) >= 11 is 0. The number of nitro groups is 1. The molecule has 0 radical (unpaired) electrons. The Labute approximate surface area is 160 Å². The average molecular weight is 387 g/mol. The molecule has 0 aromatic heterocycles. The van der Waals surface area contributed by atoms with Gasteiger partial charge in [-0.05, 0) is 24.3 Å². The van der Waals surface area contributed by atoms with Crippen LogP contribution in [0.15, 0.2) is 36.4 Å². The number of nitrogens with zero attached hydrogens (tertiary/aromatic N) is 3. The Morgan fingerprint density at radius 2 is 1.61 bits per heavy atom. The van der Waals surface area contributed by atoms with Crippen molar-refractivity contribution in [3.05, 3.63) is 57.9 Å². The van der Waals surface area contributed by atoms with Crippen molar-refractivity contribution in [3.8, 4) is 11.5 Å². The lowest BCUT2D eigenvalue weighted by Crippen LogP contribution is -2.48. The number of ether oxygens (including phenoxy) is 2. The lowest BCUT2D eigenvalue weighted by atomic mass is 10.1. The summed E-state index contributed by atoms with van der Waals surface area (Å²) in [6.45, 7) is 2.55. The standard InChI is InChI=1S/C19H18FN3O5/c20-13-1-3-14(4-2-13)21-5-7-22(8-6-21)19(24)15-11-17-18(28-10-9-27-17)12-16(15)23(25)26/h1-4,11-12H,5-10H2. The van der Waals surface area contributed by atoms with E-state index in [0.717, 1.165) is 5.69 Å². The van der Waals surface area contributed by atoms with Crippen LogP contribution in [0, 0.1) is 15.9 Å². The Hall–Kier alpha value is -3.36. The molecule has 1 amide bonds. The van der Waals surface area contributed by atoms with Crippen LogP contribution in [-0.2, 0) is 0 Å². The van der Waals surface area contributed by atoms with Crippen molar-refractivity contribution in [2.24, 2.45) is 0 Å². The van der Waals surface area contributed by atoms with Crippen molar-refractivity contribution in [2.75, 3.05) is 44.3 Å². The Morgan fingerprint density at radius 3 is 2.21 bits per heavy atom. The number of amides is 1. The van der Waals surface area contributed by atoms with E-state index in [-0.39, 0.29) is 22.8 Å². The Morgan fingerprint density at radius 1 is 1.00 bits per heavy atom. The number of halogens is 1. The fraction of sp³-hybridized carbons (Fsp3) is 0.316. The van der Waals surface area contributed by atoms with Crippen molar-refractivity contribution in [1.82, 2.24) is 4.90 Å². The first-order chi connectivity index (χ1) is 13.5. The van der Waals surface area contributed by atoms with Crippen LogP contribution in [0.3, 0.4) is 0 Å². The molecule has 4 rings (SSSR count). The summed E-state index contributed by atoms with van der Waals surface area (Å²) < 4.78 is 23.9. The van der Waals surface area contributed by atoms with E-state index in [4.69, 9.17) is 9.47 Å². The van der Waals surface area contributed by atoms with Gasteiger partial charge in [-0.2, -0.15) is 0 Å². The minimum atomic E-state index is -0.583. The summed E-state index contributed by atoms with van der Waals surface area (Å²) in [7, 11) is 0. The van der Waals surface area contributed by atoms with E-state index in [2.05, 4.69) is 0 Å². The molecule has 28 heavy (non-hydrogen) atoms. The first kappa shape index (κ1) is 18.0. The number of fused-ring (bicyclic) bond motifs is 1. The van der Waals surface area contributed by atoms with Crippen LogP contribution in [0.5, 0.6) is 11.5 Å². The van der Waals surface area contributed by atoms with Gasteiger partial charge in [-0.15, -0.1) is 0 Å². The molecule has 2 heterocycles. The van der Waals surface area contributed by atoms with E-state index in [1.165, 1.54) is 24.3 Å². The van der Waals surface area contributed by atoms with Gasteiger partial charge in [-0.3, -0.25) is 14.9 Å². The molecule has 9 heteroatoms. The van der Waals surface area contributed by atoms with Crippen molar-refractivity contribution in [1.29, 1.82) is 0 Å².